The molecule has 128 valence electrons. The third kappa shape index (κ3) is 2.44. The fourth-order valence-electron chi connectivity index (χ4n) is 3.35. The summed E-state index contributed by atoms with van der Waals surface area (Å²) in [6.07, 6.45) is 2.64. The molecule has 2 aromatic rings. The van der Waals surface area contributed by atoms with Gasteiger partial charge < -0.3 is 10.1 Å². The SMILES string of the molecule is O=C1Nc2ccc(Oc3c(Cl)cc([N+](=O)[O-])cc3Cl)cc2C12CCC2. The summed E-state index contributed by atoms with van der Waals surface area (Å²) >= 11 is 12.2. The summed E-state index contributed by atoms with van der Waals surface area (Å²) in [5.41, 5.74) is 1.03. The first-order valence-corrected chi connectivity index (χ1v) is 8.43. The van der Waals surface area contributed by atoms with Gasteiger partial charge in [0.2, 0.25) is 5.91 Å². The monoisotopic (exact) mass is 378 g/mol. The van der Waals surface area contributed by atoms with Crippen molar-refractivity contribution < 1.29 is 14.5 Å². The topological polar surface area (TPSA) is 81.5 Å². The Kier molecular flexibility index (Phi) is 3.63. The van der Waals surface area contributed by atoms with E-state index >= 15 is 0 Å². The maximum absolute atomic E-state index is 12.3. The lowest BCUT2D eigenvalue weighted by molar-refractivity contribution is -0.384. The van der Waals surface area contributed by atoms with Gasteiger partial charge in [0.05, 0.1) is 20.4 Å². The van der Waals surface area contributed by atoms with Crippen LogP contribution >= 0.6 is 23.2 Å². The van der Waals surface area contributed by atoms with Gasteiger partial charge in [-0.25, -0.2) is 0 Å². The van der Waals surface area contributed by atoms with Crippen LogP contribution in [0.5, 0.6) is 11.5 Å². The molecule has 0 aromatic heterocycles. The molecule has 1 aliphatic carbocycles. The van der Waals surface area contributed by atoms with E-state index in [1.54, 1.807) is 18.2 Å². The van der Waals surface area contributed by atoms with E-state index in [0.717, 1.165) is 30.5 Å². The molecule has 1 saturated carbocycles. The number of carbonyl (C=O) groups is 1. The lowest BCUT2D eigenvalue weighted by atomic mass is 9.65. The Morgan fingerprint density at radius 2 is 1.84 bits per heavy atom. The highest BCUT2D eigenvalue weighted by atomic mass is 35.5. The zero-order chi connectivity index (χ0) is 17.8. The lowest BCUT2D eigenvalue weighted by Crippen LogP contribution is -2.40. The molecule has 8 heteroatoms. The molecule has 0 saturated heterocycles. The number of ether oxygens (including phenoxy) is 1. The molecule has 1 amide bonds. The number of carbonyl (C=O) groups excluding carboxylic acids is 1. The molecule has 0 unspecified atom stereocenters. The van der Waals surface area contributed by atoms with Crippen LogP contribution in [0.25, 0.3) is 0 Å². The van der Waals surface area contributed by atoms with Crippen molar-refractivity contribution in [2.24, 2.45) is 0 Å². The standard InChI is InChI=1S/C17H12Cl2N2O4/c18-12-6-9(21(23)24)7-13(19)15(12)25-10-2-3-14-11(8-10)17(4-1-5-17)16(22)20-14/h2-3,6-8H,1,4-5H2,(H,20,22). The number of non-ortho nitro benzene ring substituents is 1. The largest absolute Gasteiger partial charge is 0.454 e. The van der Waals surface area contributed by atoms with Crippen LogP contribution in [0.1, 0.15) is 24.8 Å². The number of anilines is 1. The van der Waals surface area contributed by atoms with Crippen LogP contribution < -0.4 is 10.1 Å². The Hall–Kier alpha value is -2.31. The van der Waals surface area contributed by atoms with Crippen LogP contribution in [0.4, 0.5) is 11.4 Å². The summed E-state index contributed by atoms with van der Waals surface area (Å²) in [4.78, 5) is 22.5. The lowest BCUT2D eigenvalue weighted by Gasteiger charge is -2.36. The number of fused-ring (bicyclic) bond motifs is 2. The molecule has 0 bridgehead atoms. The summed E-state index contributed by atoms with van der Waals surface area (Å²) in [6, 6.07) is 7.66. The highest BCUT2D eigenvalue weighted by molar-refractivity contribution is 6.37. The van der Waals surface area contributed by atoms with Crippen molar-refractivity contribution in [2.75, 3.05) is 5.32 Å². The quantitative estimate of drug-likeness (QED) is 0.597. The van der Waals surface area contributed by atoms with E-state index in [1.165, 1.54) is 12.1 Å². The van der Waals surface area contributed by atoms with Crippen LogP contribution in [0, 0.1) is 10.1 Å². The average molecular weight is 379 g/mol. The van der Waals surface area contributed by atoms with Crippen molar-refractivity contribution in [3.8, 4) is 11.5 Å². The maximum Gasteiger partial charge on any atom is 0.272 e. The van der Waals surface area contributed by atoms with Crippen molar-refractivity contribution in [2.45, 2.75) is 24.7 Å². The number of hydrogen-bond acceptors (Lipinski definition) is 4. The maximum atomic E-state index is 12.3. The normalized spacial score (nSPS) is 17.0. The molecule has 0 radical (unpaired) electrons. The van der Waals surface area contributed by atoms with E-state index in [4.69, 9.17) is 27.9 Å². The van der Waals surface area contributed by atoms with Crippen molar-refractivity contribution in [1.82, 2.24) is 0 Å². The minimum Gasteiger partial charge on any atom is -0.454 e. The molecule has 2 aliphatic rings. The van der Waals surface area contributed by atoms with Gasteiger partial charge in [0, 0.05) is 17.8 Å². The molecule has 1 spiro atoms. The van der Waals surface area contributed by atoms with Gasteiger partial charge in [-0.2, -0.15) is 0 Å². The predicted octanol–water partition coefficient (Wildman–Crippen LogP) is 5.07. The first-order valence-electron chi connectivity index (χ1n) is 7.68. The highest BCUT2D eigenvalue weighted by Gasteiger charge is 2.51. The number of benzene rings is 2. The number of nitro groups is 1. The summed E-state index contributed by atoms with van der Waals surface area (Å²) in [5, 5.41) is 13.9. The van der Waals surface area contributed by atoms with Gasteiger partial charge in [-0.3, -0.25) is 14.9 Å². The van der Waals surface area contributed by atoms with Crippen LogP contribution in [0.3, 0.4) is 0 Å². The zero-order valence-electron chi connectivity index (χ0n) is 12.8. The number of nitrogens with zero attached hydrogens (tertiary/aromatic N) is 1. The van der Waals surface area contributed by atoms with Gasteiger partial charge in [-0.05, 0) is 36.6 Å². The van der Waals surface area contributed by atoms with Gasteiger partial charge in [-0.1, -0.05) is 29.6 Å². The minimum absolute atomic E-state index is 0.0253. The molecule has 1 fully saturated rings. The third-order valence-electron chi connectivity index (χ3n) is 4.81. The van der Waals surface area contributed by atoms with E-state index in [0.29, 0.717) is 5.75 Å². The first kappa shape index (κ1) is 16.2. The molecule has 1 aliphatic heterocycles. The Morgan fingerprint density at radius 3 is 2.40 bits per heavy atom. The molecule has 0 atom stereocenters. The van der Waals surface area contributed by atoms with E-state index in [2.05, 4.69) is 5.32 Å². The van der Waals surface area contributed by atoms with Crippen LogP contribution in [-0.4, -0.2) is 10.8 Å². The van der Waals surface area contributed by atoms with Gasteiger partial charge in [0.15, 0.2) is 5.75 Å². The number of rotatable bonds is 3. The fraction of sp³-hybridized carbons (Fsp3) is 0.235. The number of halogens is 2. The molecule has 25 heavy (non-hydrogen) atoms. The molecule has 1 N–H and O–H groups in total. The number of nitro benzene ring substituents is 1. The van der Waals surface area contributed by atoms with Crippen LogP contribution in [0.15, 0.2) is 30.3 Å². The van der Waals surface area contributed by atoms with Crippen LogP contribution in [0.2, 0.25) is 10.0 Å². The Morgan fingerprint density at radius 1 is 1.16 bits per heavy atom. The first-order chi connectivity index (χ1) is 11.9. The highest BCUT2D eigenvalue weighted by Crippen LogP contribution is 2.52. The molecule has 1 heterocycles. The third-order valence-corrected chi connectivity index (χ3v) is 5.37. The second-order valence-corrected chi connectivity index (χ2v) is 7.01. The Bertz CT molecular complexity index is 902. The molecule has 6 nitrogen and oxygen atoms in total. The van der Waals surface area contributed by atoms with Gasteiger partial charge in [-0.15, -0.1) is 0 Å². The summed E-state index contributed by atoms with van der Waals surface area (Å²) < 4.78 is 5.77. The fourth-order valence-corrected chi connectivity index (χ4v) is 3.90. The summed E-state index contributed by atoms with van der Waals surface area (Å²) in [5.74, 6) is 0.644. The van der Waals surface area contributed by atoms with Gasteiger partial charge >= 0.3 is 0 Å². The van der Waals surface area contributed by atoms with E-state index < -0.39 is 10.3 Å². The summed E-state index contributed by atoms with van der Waals surface area (Å²) in [7, 11) is 0. The van der Waals surface area contributed by atoms with Crippen molar-refractivity contribution >= 4 is 40.5 Å². The molecule has 4 rings (SSSR count). The zero-order valence-corrected chi connectivity index (χ0v) is 14.4. The van der Waals surface area contributed by atoms with Gasteiger partial charge in [0.25, 0.3) is 5.69 Å². The van der Waals surface area contributed by atoms with Crippen molar-refractivity contribution in [1.29, 1.82) is 0 Å². The van der Waals surface area contributed by atoms with Gasteiger partial charge in [0.1, 0.15) is 5.75 Å². The van der Waals surface area contributed by atoms with Crippen molar-refractivity contribution in [3.05, 3.63) is 56.1 Å². The summed E-state index contributed by atoms with van der Waals surface area (Å²) in [6.45, 7) is 0. The second kappa shape index (κ2) is 5.61. The van der Waals surface area contributed by atoms with E-state index in [-0.39, 0.29) is 27.4 Å². The molecular formula is C17H12Cl2N2O4. The van der Waals surface area contributed by atoms with E-state index in [9.17, 15) is 14.9 Å². The number of nitrogens with one attached hydrogen (secondary N) is 1. The molecule has 2 aromatic carbocycles. The Balaban J connectivity index is 1.70. The minimum atomic E-state index is -0.575. The average Bonchev–Trinajstić information content (AvgIpc) is 2.81. The Labute approximate surface area is 152 Å². The smallest absolute Gasteiger partial charge is 0.272 e. The number of hydrogen-bond donors (Lipinski definition) is 1. The van der Waals surface area contributed by atoms with Crippen molar-refractivity contribution in [3.63, 3.8) is 0 Å². The predicted molar refractivity (Wildman–Crippen MR) is 93.8 cm³/mol. The second-order valence-electron chi connectivity index (χ2n) is 6.19. The molecular weight excluding hydrogens is 367 g/mol. The van der Waals surface area contributed by atoms with Crippen LogP contribution in [-0.2, 0) is 10.2 Å². The van der Waals surface area contributed by atoms with E-state index in [1.807, 2.05) is 0 Å². The number of amides is 1.